The summed E-state index contributed by atoms with van der Waals surface area (Å²) in [4.78, 5) is 13.8. The highest BCUT2D eigenvalue weighted by molar-refractivity contribution is 5.81. The second-order valence-electron chi connectivity index (χ2n) is 3.77. The molecule has 2 N–H and O–H groups in total. The molecule has 0 unspecified atom stereocenters. The molecule has 0 radical (unpaired) electrons. The largest absolute Gasteiger partial charge is 0.471 e. The van der Waals surface area contributed by atoms with E-state index in [1.54, 1.807) is 0 Å². The van der Waals surface area contributed by atoms with Crippen LogP contribution in [0.2, 0.25) is 0 Å². The molecule has 1 rings (SSSR count). The van der Waals surface area contributed by atoms with Crippen LogP contribution in [0.5, 0.6) is 0 Å². The lowest BCUT2D eigenvalue weighted by molar-refractivity contribution is -0.185. The molecule has 1 heterocycles. The number of carbonyl (C=O) groups excluding carboxylic acids is 1. The van der Waals surface area contributed by atoms with Gasteiger partial charge in [-0.05, 0) is 13.0 Å². The lowest BCUT2D eigenvalue weighted by Gasteiger charge is -2.22. The first-order valence-electron chi connectivity index (χ1n) is 5.23. The molecule has 0 aromatic heterocycles. The number of hydrogen-bond donors (Lipinski definition) is 1. The third-order valence-corrected chi connectivity index (χ3v) is 2.56. The predicted molar refractivity (Wildman–Crippen MR) is 52.7 cm³/mol. The molecule has 0 bridgehead atoms. The minimum absolute atomic E-state index is 0.123. The highest BCUT2D eigenvalue weighted by Crippen LogP contribution is 2.19. The van der Waals surface area contributed by atoms with Crippen molar-refractivity contribution < 1.29 is 18.0 Å². The molecule has 0 aromatic carbocycles. The van der Waals surface area contributed by atoms with Crippen LogP contribution in [0.1, 0.15) is 6.42 Å². The summed E-state index contributed by atoms with van der Waals surface area (Å²) >= 11 is 0. The molecule has 0 aliphatic carbocycles. The lowest BCUT2D eigenvalue weighted by Crippen LogP contribution is -2.43. The first kappa shape index (κ1) is 13.2. The minimum Gasteiger partial charge on any atom is -0.334 e. The summed E-state index contributed by atoms with van der Waals surface area (Å²) in [5.41, 5.74) is 5.37. The Morgan fingerprint density at radius 3 is 2.44 bits per heavy atom. The molecular weight excluding hydrogens is 223 g/mol. The molecule has 1 aliphatic rings. The van der Waals surface area contributed by atoms with E-state index in [0.29, 0.717) is 32.6 Å². The zero-order chi connectivity index (χ0) is 12.2. The van der Waals surface area contributed by atoms with Gasteiger partial charge in [0, 0.05) is 32.7 Å². The van der Waals surface area contributed by atoms with Gasteiger partial charge in [-0.25, -0.2) is 0 Å². The Labute approximate surface area is 92.2 Å². The summed E-state index contributed by atoms with van der Waals surface area (Å²) in [6.45, 7) is 2.58. The van der Waals surface area contributed by atoms with Crippen molar-refractivity contribution in [3.05, 3.63) is 0 Å². The molecule has 1 fully saturated rings. The Morgan fingerprint density at radius 2 is 1.88 bits per heavy atom. The Kier molecular flexibility index (Phi) is 4.55. The molecule has 0 atom stereocenters. The van der Waals surface area contributed by atoms with Gasteiger partial charge in [-0.3, -0.25) is 4.79 Å². The van der Waals surface area contributed by atoms with Gasteiger partial charge >= 0.3 is 12.1 Å². The summed E-state index contributed by atoms with van der Waals surface area (Å²) in [5, 5.41) is 0. The van der Waals surface area contributed by atoms with E-state index in [4.69, 9.17) is 5.73 Å². The number of hydrogen-bond acceptors (Lipinski definition) is 3. The number of rotatable bonds is 2. The van der Waals surface area contributed by atoms with Gasteiger partial charge in [0.25, 0.3) is 0 Å². The average Bonchev–Trinajstić information content (AvgIpc) is 2.41. The maximum absolute atomic E-state index is 12.2. The Bertz CT molecular complexity index is 245. The fourth-order valence-corrected chi connectivity index (χ4v) is 1.76. The van der Waals surface area contributed by atoms with E-state index in [1.807, 2.05) is 4.90 Å². The van der Waals surface area contributed by atoms with Crippen molar-refractivity contribution in [2.24, 2.45) is 5.73 Å². The van der Waals surface area contributed by atoms with Crippen molar-refractivity contribution in [3.63, 3.8) is 0 Å². The van der Waals surface area contributed by atoms with E-state index in [2.05, 4.69) is 0 Å². The second kappa shape index (κ2) is 5.49. The summed E-state index contributed by atoms with van der Waals surface area (Å²) in [5.74, 6) is -1.73. The van der Waals surface area contributed by atoms with Crippen LogP contribution in [0.15, 0.2) is 0 Å². The number of amides is 1. The van der Waals surface area contributed by atoms with Crippen molar-refractivity contribution in [1.29, 1.82) is 0 Å². The number of nitrogens with two attached hydrogens (primary N) is 1. The summed E-state index contributed by atoms with van der Waals surface area (Å²) in [6.07, 6.45) is -4.20. The summed E-state index contributed by atoms with van der Waals surface area (Å²) in [7, 11) is 0. The highest BCUT2D eigenvalue weighted by Gasteiger charge is 2.42. The minimum atomic E-state index is -4.76. The first-order valence-corrected chi connectivity index (χ1v) is 5.23. The molecule has 0 spiro atoms. The van der Waals surface area contributed by atoms with E-state index in [1.165, 1.54) is 0 Å². The van der Waals surface area contributed by atoms with Crippen LogP contribution in [0.3, 0.4) is 0 Å². The van der Waals surface area contributed by atoms with Gasteiger partial charge in [-0.2, -0.15) is 13.2 Å². The van der Waals surface area contributed by atoms with Gasteiger partial charge in [0.05, 0.1) is 0 Å². The molecule has 94 valence electrons. The third-order valence-electron chi connectivity index (χ3n) is 2.56. The third kappa shape index (κ3) is 3.64. The first-order chi connectivity index (χ1) is 7.45. The monoisotopic (exact) mass is 239 g/mol. The Morgan fingerprint density at radius 1 is 1.19 bits per heavy atom. The van der Waals surface area contributed by atoms with E-state index in [-0.39, 0.29) is 13.1 Å². The van der Waals surface area contributed by atoms with Crippen molar-refractivity contribution in [2.75, 3.05) is 39.3 Å². The van der Waals surface area contributed by atoms with Crippen LogP contribution in [0.4, 0.5) is 13.2 Å². The zero-order valence-electron chi connectivity index (χ0n) is 8.96. The maximum Gasteiger partial charge on any atom is 0.471 e. The van der Waals surface area contributed by atoms with Crippen LogP contribution in [0, 0.1) is 0 Å². The number of nitrogens with zero attached hydrogens (tertiary/aromatic N) is 2. The van der Waals surface area contributed by atoms with Crippen molar-refractivity contribution >= 4 is 5.91 Å². The topological polar surface area (TPSA) is 49.6 Å². The van der Waals surface area contributed by atoms with E-state index in [9.17, 15) is 18.0 Å². The molecule has 4 nitrogen and oxygen atoms in total. The smallest absolute Gasteiger partial charge is 0.334 e. The van der Waals surface area contributed by atoms with Gasteiger partial charge in [-0.1, -0.05) is 0 Å². The van der Waals surface area contributed by atoms with E-state index in [0.717, 1.165) is 4.90 Å². The van der Waals surface area contributed by atoms with Gasteiger partial charge in [0.15, 0.2) is 0 Å². The molecule has 16 heavy (non-hydrogen) atoms. The van der Waals surface area contributed by atoms with Gasteiger partial charge in [-0.15, -0.1) is 0 Å². The fourth-order valence-electron chi connectivity index (χ4n) is 1.76. The van der Waals surface area contributed by atoms with Gasteiger partial charge in [0.2, 0.25) is 0 Å². The fraction of sp³-hybridized carbons (Fsp3) is 0.889. The van der Waals surface area contributed by atoms with Crippen molar-refractivity contribution in [1.82, 2.24) is 9.80 Å². The van der Waals surface area contributed by atoms with Crippen LogP contribution < -0.4 is 5.73 Å². The summed E-state index contributed by atoms with van der Waals surface area (Å²) in [6, 6.07) is 0. The molecule has 7 heteroatoms. The molecule has 1 amide bonds. The van der Waals surface area contributed by atoms with Gasteiger partial charge < -0.3 is 15.5 Å². The second-order valence-corrected chi connectivity index (χ2v) is 3.77. The quantitative estimate of drug-likeness (QED) is 0.740. The highest BCUT2D eigenvalue weighted by atomic mass is 19.4. The number of alkyl halides is 3. The maximum atomic E-state index is 12.2. The van der Waals surface area contributed by atoms with Crippen LogP contribution >= 0.6 is 0 Å². The Balaban J connectivity index is 2.50. The van der Waals surface area contributed by atoms with Crippen LogP contribution in [-0.2, 0) is 4.79 Å². The molecule has 1 saturated heterocycles. The average molecular weight is 239 g/mol. The zero-order valence-corrected chi connectivity index (χ0v) is 8.96. The predicted octanol–water partition coefficient (Wildman–Crippen LogP) is 0.0417. The lowest BCUT2D eigenvalue weighted by atomic mass is 10.3. The van der Waals surface area contributed by atoms with Gasteiger partial charge in [0.1, 0.15) is 0 Å². The van der Waals surface area contributed by atoms with E-state index < -0.39 is 12.1 Å². The summed E-state index contributed by atoms with van der Waals surface area (Å²) < 4.78 is 36.6. The van der Waals surface area contributed by atoms with Crippen molar-refractivity contribution in [3.8, 4) is 0 Å². The van der Waals surface area contributed by atoms with Crippen LogP contribution in [0.25, 0.3) is 0 Å². The molecule has 0 saturated carbocycles. The molecule has 0 aromatic rings. The molecule has 1 aliphatic heterocycles. The molecular formula is C9H16F3N3O. The Hall–Kier alpha value is -0.820. The SMILES string of the molecule is NCCN1CCCN(C(=O)C(F)(F)F)CC1. The number of carbonyl (C=O) groups is 1. The van der Waals surface area contributed by atoms with E-state index >= 15 is 0 Å². The normalized spacial score (nSPS) is 19.6. The number of halogens is 3. The van der Waals surface area contributed by atoms with Crippen LogP contribution in [-0.4, -0.2) is 61.2 Å². The standard InChI is InChI=1S/C9H16F3N3O/c10-9(11,12)8(16)15-4-1-3-14(5-2-13)6-7-15/h1-7,13H2. The van der Waals surface area contributed by atoms with Crippen molar-refractivity contribution in [2.45, 2.75) is 12.6 Å².